The lowest BCUT2D eigenvalue weighted by atomic mass is 9.80. The third-order valence-electron chi connectivity index (χ3n) is 1.53. The second-order valence-electron chi connectivity index (χ2n) is 2.47. The van der Waals surface area contributed by atoms with Crippen molar-refractivity contribution in [3.05, 3.63) is 28.8 Å². The van der Waals surface area contributed by atoms with Gasteiger partial charge in [-0.15, -0.1) is 5.46 Å². The molecule has 1 nitrogen and oxygen atoms in total. The van der Waals surface area contributed by atoms with Crippen LogP contribution in [0.2, 0.25) is 5.02 Å². The van der Waals surface area contributed by atoms with Crippen LogP contribution in [-0.4, -0.2) is 13.3 Å². The molecule has 70 valence electrons. The molecule has 0 saturated heterocycles. The Morgan fingerprint density at radius 1 is 1.31 bits per heavy atom. The van der Waals surface area contributed by atoms with Gasteiger partial charge in [-0.2, -0.15) is 0 Å². The molecule has 1 rings (SSSR count). The van der Waals surface area contributed by atoms with E-state index in [-0.39, 0.29) is 10.6 Å². The second kappa shape index (κ2) is 3.42. The maximum Gasteiger partial charge on any atom is 0.509 e. The molecule has 0 unspecified atom stereocenters. The molecule has 0 fully saturated rings. The van der Waals surface area contributed by atoms with Gasteiger partial charge in [0.25, 0.3) is 0 Å². The van der Waals surface area contributed by atoms with Crippen molar-refractivity contribution in [2.75, 3.05) is 0 Å². The number of halogens is 4. The van der Waals surface area contributed by atoms with E-state index >= 15 is 0 Å². The highest BCUT2D eigenvalue weighted by Gasteiger charge is 2.25. The van der Waals surface area contributed by atoms with Gasteiger partial charge >= 0.3 is 6.98 Å². The fourth-order valence-corrected chi connectivity index (χ4v) is 1.08. The summed E-state index contributed by atoms with van der Waals surface area (Å²) < 4.78 is 36.4. The molecule has 13 heavy (non-hydrogen) atoms. The Bertz CT molecular complexity index is 337. The maximum absolute atomic E-state index is 12.1. The Kier molecular flexibility index (Phi) is 2.66. The van der Waals surface area contributed by atoms with Crippen LogP contribution in [0.5, 0.6) is 0 Å². The number of benzene rings is 1. The van der Waals surface area contributed by atoms with E-state index in [0.29, 0.717) is 6.29 Å². The minimum atomic E-state index is -5.04. The van der Waals surface area contributed by atoms with Crippen LogP contribution in [-0.2, 0) is 0 Å². The highest BCUT2D eigenvalue weighted by atomic mass is 35.5. The largest absolute Gasteiger partial charge is 0.509 e. The Morgan fingerprint density at radius 3 is 2.31 bits per heavy atom. The van der Waals surface area contributed by atoms with E-state index in [9.17, 15) is 17.7 Å². The summed E-state index contributed by atoms with van der Waals surface area (Å²) in [5.74, 6) is 0. The smallest absolute Gasteiger partial charge is 0.445 e. The zero-order chi connectivity index (χ0) is 10.1. The van der Waals surface area contributed by atoms with E-state index in [2.05, 4.69) is 0 Å². The second-order valence-corrected chi connectivity index (χ2v) is 2.88. The van der Waals surface area contributed by atoms with Crippen molar-refractivity contribution in [2.24, 2.45) is 0 Å². The molecule has 0 atom stereocenters. The Balaban J connectivity index is 3.17. The molecule has 0 heterocycles. The lowest BCUT2D eigenvalue weighted by molar-refractivity contribution is 0.112. The lowest BCUT2D eigenvalue weighted by Crippen LogP contribution is -2.33. The summed E-state index contributed by atoms with van der Waals surface area (Å²) in [6.45, 7) is -5.04. The average Bonchev–Trinajstić information content (AvgIpc) is 2.02. The van der Waals surface area contributed by atoms with Gasteiger partial charge < -0.3 is 12.9 Å². The van der Waals surface area contributed by atoms with Crippen molar-refractivity contribution in [1.29, 1.82) is 0 Å². The Morgan fingerprint density at radius 2 is 1.92 bits per heavy atom. The number of hydrogen-bond donors (Lipinski definition) is 0. The third kappa shape index (κ3) is 2.24. The van der Waals surface area contributed by atoms with Gasteiger partial charge in [-0.1, -0.05) is 29.8 Å². The summed E-state index contributed by atoms with van der Waals surface area (Å²) in [5, 5.41) is -0.174. The first-order valence-electron chi connectivity index (χ1n) is 3.39. The molecule has 6 heteroatoms. The molecule has 1 aromatic rings. The fourth-order valence-electron chi connectivity index (χ4n) is 0.843. The van der Waals surface area contributed by atoms with Gasteiger partial charge in [-0.25, -0.2) is 0 Å². The van der Waals surface area contributed by atoms with E-state index in [1.54, 1.807) is 0 Å². The molecule has 0 spiro atoms. The fraction of sp³-hybridized carbons (Fsp3) is 0. The van der Waals surface area contributed by atoms with Crippen LogP contribution in [0.25, 0.3) is 0 Å². The zero-order valence-electron chi connectivity index (χ0n) is 6.31. The number of hydrogen-bond acceptors (Lipinski definition) is 1. The molecular formula is C7H4BClF3O-. The van der Waals surface area contributed by atoms with Crippen molar-refractivity contribution in [3.63, 3.8) is 0 Å². The summed E-state index contributed by atoms with van der Waals surface area (Å²) in [5.41, 5.74) is -0.735. The molecule has 0 bridgehead atoms. The quantitative estimate of drug-likeness (QED) is 0.537. The van der Waals surface area contributed by atoms with Crippen molar-refractivity contribution in [2.45, 2.75) is 0 Å². The maximum atomic E-state index is 12.1. The highest BCUT2D eigenvalue weighted by Crippen LogP contribution is 2.16. The molecule has 0 amide bonds. The standard InChI is InChI=1S/C7H4BClF3O/c9-7-3-6(8(10,11)12)2-1-5(7)4-13/h1-4H/q-1. The Hall–Kier alpha value is -0.965. The molecule has 0 radical (unpaired) electrons. The molecule has 0 aromatic heterocycles. The molecule has 0 N–H and O–H groups in total. The van der Waals surface area contributed by atoms with Crippen molar-refractivity contribution in [3.8, 4) is 0 Å². The molecule has 0 aliphatic rings. The molecule has 1 aromatic carbocycles. The van der Waals surface area contributed by atoms with Crippen LogP contribution >= 0.6 is 11.6 Å². The van der Waals surface area contributed by atoms with Gasteiger partial charge in [-0.3, -0.25) is 4.79 Å². The minimum absolute atomic E-state index is 0.0606. The first kappa shape index (κ1) is 10.1. The van der Waals surface area contributed by atoms with E-state index in [1.807, 2.05) is 0 Å². The van der Waals surface area contributed by atoms with Crippen LogP contribution in [0.15, 0.2) is 18.2 Å². The predicted octanol–water partition coefficient (Wildman–Crippen LogP) is 2.21. The summed E-state index contributed by atoms with van der Waals surface area (Å²) in [4.78, 5) is 10.2. The first-order valence-corrected chi connectivity index (χ1v) is 3.77. The first-order chi connectivity index (χ1) is 5.95. The monoisotopic (exact) mass is 207 g/mol. The molecule has 0 saturated carbocycles. The van der Waals surface area contributed by atoms with E-state index < -0.39 is 12.4 Å². The van der Waals surface area contributed by atoms with Gasteiger partial charge in [0, 0.05) is 10.6 Å². The number of rotatable bonds is 2. The number of aldehydes is 1. The summed E-state index contributed by atoms with van der Waals surface area (Å²) in [6.07, 6.45) is 0.412. The minimum Gasteiger partial charge on any atom is -0.445 e. The summed E-state index contributed by atoms with van der Waals surface area (Å²) >= 11 is 5.41. The van der Waals surface area contributed by atoms with Crippen molar-refractivity contribution >= 4 is 30.3 Å². The van der Waals surface area contributed by atoms with E-state index in [1.165, 1.54) is 0 Å². The SMILES string of the molecule is O=Cc1ccc([B-](F)(F)F)cc1Cl. The third-order valence-corrected chi connectivity index (χ3v) is 1.86. The molecule has 0 aliphatic carbocycles. The van der Waals surface area contributed by atoms with Crippen LogP contribution in [0, 0.1) is 0 Å². The van der Waals surface area contributed by atoms with Crippen LogP contribution in [0.4, 0.5) is 12.9 Å². The topological polar surface area (TPSA) is 17.1 Å². The van der Waals surface area contributed by atoms with E-state index in [0.717, 1.165) is 18.2 Å². The van der Waals surface area contributed by atoms with Gasteiger partial charge in [0.15, 0.2) is 6.29 Å². The lowest BCUT2D eigenvalue weighted by Gasteiger charge is -2.14. The summed E-state index contributed by atoms with van der Waals surface area (Å²) in [7, 11) is 0. The van der Waals surface area contributed by atoms with Crippen LogP contribution < -0.4 is 5.46 Å². The van der Waals surface area contributed by atoms with E-state index in [4.69, 9.17) is 11.6 Å². The van der Waals surface area contributed by atoms with Gasteiger partial charge in [0.2, 0.25) is 0 Å². The molecule has 0 aliphatic heterocycles. The number of carbonyl (C=O) groups is 1. The van der Waals surface area contributed by atoms with Gasteiger partial charge in [-0.05, 0) is 0 Å². The zero-order valence-corrected chi connectivity index (χ0v) is 7.06. The Labute approximate surface area is 77.6 Å². The van der Waals surface area contributed by atoms with Crippen molar-refractivity contribution < 1.29 is 17.7 Å². The number of carbonyl (C=O) groups excluding carboxylic acids is 1. The van der Waals surface area contributed by atoms with Gasteiger partial charge in [0.05, 0.1) is 0 Å². The predicted molar refractivity (Wildman–Crippen MR) is 45.6 cm³/mol. The van der Waals surface area contributed by atoms with Gasteiger partial charge in [0.1, 0.15) is 0 Å². The highest BCUT2D eigenvalue weighted by molar-refractivity contribution is 6.73. The van der Waals surface area contributed by atoms with Crippen molar-refractivity contribution in [1.82, 2.24) is 0 Å². The van der Waals surface area contributed by atoms with Crippen LogP contribution in [0.1, 0.15) is 10.4 Å². The average molecular weight is 207 g/mol. The normalized spacial score (nSPS) is 11.4. The van der Waals surface area contributed by atoms with Crippen LogP contribution in [0.3, 0.4) is 0 Å². The summed E-state index contributed by atoms with van der Waals surface area (Å²) in [6, 6.07) is 2.65. The molecular weight excluding hydrogens is 203 g/mol.